The first kappa shape index (κ1) is 13.6. The zero-order chi connectivity index (χ0) is 12.8. The maximum Gasteiger partial charge on any atom is 0.167 e. The molecule has 1 rings (SSSR count). The third-order valence-electron chi connectivity index (χ3n) is 2.58. The van der Waals surface area contributed by atoms with E-state index in [9.17, 15) is 4.39 Å². The highest BCUT2D eigenvalue weighted by Gasteiger charge is 2.10. The third kappa shape index (κ3) is 3.80. The number of rotatable bonds is 6. The SMILES string of the molecule is CCCOc1cc(NC(C)CC)c(N)cc1F. The second kappa shape index (κ2) is 6.33. The van der Waals surface area contributed by atoms with Gasteiger partial charge in [-0.2, -0.15) is 0 Å². The van der Waals surface area contributed by atoms with Crippen LogP contribution in [0.15, 0.2) is 12.1 Å². The van der Waals surface area contributed by atoms with E-state index in [4.69, 9.17) is 10.5 Å². The van der Waals surface area contributed by atoms with Crippen LogP contribution < -0.4 is 15.8 Å². The van der Waals surface area contributed by atoms with E-state index in [2.05, 4.69) is 19.2 Å². The van der Waals surface area contributed by atoms with Gasteiger partial charge in [-0.15, -0.1) is 0 Å². The van der Waals surface area contributed by atoms with Crippen molar-refractivity contribution in [2.45, 2.75) is 39.7 Å². The molecule has 3 N–H and O–H groups in total. The fourth-order valence-electron chi connectivity index (χ4n) is 1.38. The van der Waals surface area contributed by atoms with Crippen molar-refractivity contribution in [3.8, 4) is 5.75 Å². The van der Waals surface area contributed by atoms with Crippen molar-refractivity contribution in [3.05, 3.63) is 17.9 Å². The third-order valence-corrected chi connectivity index (χ3v) is 2.58. The maximum atomic E-state index is 13.5. The molecule has 1 aromatic rings. The lowest BCUT2D eigenvalue weighted by Gasteiger charge is -2.16. The molecule has 0 saturated carbocycles. The quantitative estimate of drug-likeness (QED) is 0.749. The van der Waals surface area contributed by atoms with Gasteiger partial charge in [0, 0.05) is 18.2 Å². The Bertz CT molecular complexity index is 369. The van der Waals surface area contributed by atoms with Crippen LogP contribution in [0.25, 0.3) is 0 Å². The molecule has 0 aliphatic rings. The number of nitrogens with two attached hydrogens (primary N) is 1. The van der Waals surface area contributed by atoms with Crippen LogP contribution >= 0.6 is 0 Å². The molecule has 0 saturated heterocycles. The summed E-state index contributed by atoms with van der Waals surface area (Å²) in [6.45, 7) is 6.61. The summed E-state index contributed by atoms with van der Waals surface area (Å²) in [4.78, 5) is 0. The van der Waals surface area contributed by atoms with E-state index < -0.39 is 5.82 Å². The molecule has 1 atom stereocenters. The zero-order valence-corrected chi connectivity index (χ0v) is 10.7. The molecule has 3 nitrogen and oxygen atoms in total. The topological polar surface area (TPSA) is 47.3 Å². The van der Waals surface area contributed by atoms with E-state index in [1.165, 1.54) is 6.07 Å². The number of hydrogen-bond donors (Lipinski definition) is 2. The summed E-state index contributed by atoms with van der Waals surface area (Å²) in [5.74, 6) is -0.155. The minimum absolute atomic E-state index is 0.256. The Hall–Kier alpha value is -1.45. The molecule has 0 aromatic heterocycles. The predicted molar refractivity (Wildman–Crippen MR) is 70.0 cm³/mol. The first-order valence-corrected chi connectivity index (χ1v) is 6.06. The first-order chi connectivity index (χ1) is 8.08. The van der Waals surface area contributed by atoms with Gasteiger partial charge < -0.3 is 15.8 Å². The van der Waals surface area contributed by atoms with Gasteiger partial charge in [0.25, 0.3) is 0 Å². The van der Waals surface area contributed by atoms with Crippen molar-refractivity contribution in [2.24, 2.45) is 0 Å². The number of ether oxygens (including phenoxy) is 1. The Balaban J connectivity index is 2.89. The van der Waals surface area contributed by atoms with E-state index in [-0.39, 0.29) is 5.75 Å². The second-order valence-electron chi connectivity index (χ2n) is 4.17. The highest BCUT2D eigenvalue weighted by Crippen LogP contribution is 2.29. The molecule has 0 heterocycles. The maximum absolute atomic E-state index is 13.5. The van der Waals surface area contributed by atoms with E-state index in [0.717, 1.165) is 18.5 Å². The fraction of sp³-hybridized carbons (Fsp3) is 0.538. The van der Waals surface area contributed by atoms with Crippen LogP contribution in [0.4, 0.5) is 15.8 Å². The lowest BCUT2D eigenvalue weighted by atomic mass is 10.2. The molecule has 0 radical (unpaired) electrons. The van der Waals surface area contributed by atoms with Gasteiger partial charge in [-0.25, -0.2) is 4.39 Å². The zero-order valence-electron chi connectivity index (χ0n) is 10.7. The summed E-state index contributed by atoms with van der Waals surface area (Å²) < 4.78 is 18.9. The summed E-state index contributed by atoms with van der Waals surface area (Å²) in [5, 5.41) is 3.23. The molecule has 1 aromatic carbocycles. The summed E-state index contributed by atoms with van der Waals surface area (Å²) in [7, 11) is 0. The van der Waals surface area contributed by atoms with Crippen molar-refractivity contribution < 1.29 is 9.13 Å². The van der Waals surface area contributed by atoms with Gasteiger partial charge in [-0.3, -0.25) is 0 Å². The molecular formula is C13H21FN2O. The Kier molecular flexibility index (Phi) is 5.07. The summed E-state index contributed by atoms with van der Waals surface area (Å²) in [5.41, 5.74) is 6.90. The summed E-state index contributed by atoms with van der Waals surface area (Å²) >= 11 is 0. The Morgan fingerprint density at radius 2 is 2.12 bits per heavy atom. The highest BCUT2D eigenvalue weighted by atomic mass is 19.1. The van der Waals surface area contributed by atoms with Gasteiger partial charge in [-0.1, -0.05) is 13.8 Å². The molecule has 96 valence electrons. The molecule has 0 aliphatic heterocycles. The van der Waals surface area contributed by atoms with Crippen LogP contribution in [0.2, 0.25) is 0 Å². The van der Waals surface area contributed by atoms with Crippen molar-refractivity contribution in [3.63, 3.8) is 0 Å². The molecule has 4 heteroatoms. The number of benzene rings is 1. The summed E-state index contributed by atoms with van der Waals surface area (Å²) in [6.07, 6.45) is 1.82. The van der Waals surface area contributed by atoms with Crippen LogP contribution in [0.1, 0.15) is 33.6 Å². The van der Waals surface area contributed by atoms with Gasteiger partial charge >= 0.3 is 0 Å². The van der Waals surface area contributed by atoms with E-state index >= 15 is 0 Å². The van der Waals surface area contributed by atoms with Crippen LogP contribution in [0, 0.1) is 5.82 Å². The molecular weight excluding hydrogens is 219 g/mol. The van der Waals surface area contributed by atoms with Crippen molar-refractivity contribution in [2.75, 3.05) is 17.7 Å². The van der Waals surface area contributed by atoms with Crippen LogP contribution in [-0.2, 0) is 0 Å². The molecule has 1 unspecified atom stereocenters. The Morgan fingerprint density at radius 1 is 1.41 bits per heavy atom. The second-order valence-corrected chi connectivity index (χ2v) is 4.17. The van der Waals surface area contributed by atoms with Gasteiger partial charge in [-0.05, 0) is 19.8 Å². The first-order valence-electron chi connectivity index (χ1n) is 6.06. The fourth-order valence-corrected chi connectivity index (χ4v) is 1.38. The van der Waals surface area contributed by atoms with Crippen molar-refractivity contribution in [1.29, 1.82) is 0 Å². The number of nitrogen functional groups attached to an aromatic ring is 1. The highest BCUT2D eigenvalue weighted by molar-refractivity contribution is 5.68. The summed E-state index contributed by atoms with van der Waals surface area (Å²) in [6, 6.07) is 3.23. The standard InChI is InChI=1S/C13H21FN2O/c1-4-6-17-13-8-12(16-9(3)5-2)11(15)7-10(13)14/h7-9,16H,4-6,15H2,1-3H3. The number of anilines is 2. The number of nitrogens with one attached hydrogen (secondary N) is 1. The largest absolute Gasteiger partial charge is 0.490 e. The van der Waals surface area contributed by atoms with E-state index in [1.807, 2.05) is 6.92 Å². The van der Waals surface area contributed by atoms with Gasteiger partial charge in [0.05, 0.1) is 18.0 Å². The van der Waals surface area contributed by atoms with E-state index in [0.29, 0.717) is 18.3 Å². The average molecular weight is 240 g/mol. The number of halogens is 1. The van der Waals surface area contributed by atoms with Crippen LogP contribution in [0.5, 0.6) is 5.75 Å². The molecule has 0 amide bonds. The normalized spacial score (nSPS) is 12.2. The smallest absolute Gasteiger partial charge is 0.167 e. The monoisotopic (exact) mass is 240 g/mol. The minimum Gasteiger partial charge on any atom is -0.490 e. The number of hydrogen-bond acceptors (Lipinski definition) is 3. The van der Waals surface area contributed by atoms with Crippen molar-refractivity contribution >= 4 is 11.4 Å². The predicted octanol–water partition coefficient (Wildman–Crippen LogP) is 3.41. The van der Waals surface area contributed by atoms with E-state index in [1.54, 1.807) is 6.07 Å². The average Bonchev–Trinajstić information content (AvgIpc) is 2.30. The Labute approximate surface area is 102 Å². The molecule has 17 heavy (non-hydrogen) atoms. The lowest BCUT2D eigenvalue weighted by Crippen LogP contribution is -2.15. The molecule has 0 bridgehead atoms. The Morgan fingerprint density at radius 3 is 2.71 bits per heavy atom. The molecule has 0 spiro atoms. The lowest BCUT2D eigenvalue weighted by molar-refractivity contribution is 0.301. The van der Waals surface area contributed by atoms with Gasteiger partial charge in [0.15, 0.2) is 11.6 Å². The van der Waals surface area contributed by atoms with Gasteiger partial charge in [0.2, 0.25) is 0 Å². The molecule has 0 aliphatic carbocycles. The van der Waals surface area contributed by atoms with Crippen LogP contribution in [0.3, 0.4) is 0 Å². The molecule has 0 fully saturated rings. The minimum atomic E-state index is -0.411. The van der Waals surface area contributed by atoms with Crippen LogP contribution in [-0.4, -0.2) is 12.6 Å². The van der Waals surface area contributed by atoms with Crippen molar-refractivity contribution in [1.82, 2.24) is 0 Å². The van der Waals surface area contributed by atoms with Gasteiger partial charge in [0.1, 0.15) is 0 Å².